The van der Waals surface area contributed by atoms with Crippen molar-refractivity contribution in [2.24, 2.45) is 5.92 Å². The van der Waals surface area contributed by atoms with Gasteiger partial charge in [0.25, 0.3) is 5.91 Å². The molecule has 39 heavy (non-hydrogen) atoms. The van der Waals surface area contributed by atoms with Crippen molar-refractivity contribution < 1.29 is 14.0 Å². The average molecular weight is 531 g/mol. The summed E-state index contributed by atoms with van der Waals surface area (Å²) in [6.07, 6.45) is 1.97. The molecule has 0 fully saturated rings. The normalized spacial score (nSPS) is 12.9. The maximum atomic E-state index is 13.5. The zero-order chi connectivity index (χ0) is 27.9. The van der Waals surface area contributed by atoms with Crippen molar-refractivity contribution in [2.45, 2.75) is 46.7 Å². The molecule has 1 N–H and O–H groups in total. The summed E-state index contributed by atoms with van der Waals surface area (Å²) in [5.41, 5.74) is 6.07. The van der Waals surface area contributed by atoms with Crippen LogP contribution < -0.4 is 10.2 Å². The van der Waals surface area contributed by atoms with E-state index < -0.39 is 0 Å². The van der Waals surface area contributed by atoms with E-state index in [9.17, 15) is 14.0 Å². The highest BCUT2D eigenvalue weighted by molar-refractivity contribution is 5.87. The maximum absolute atomic E-state index is 13.5. The highest BCUT2D eigenvalue weighted by Crippen LogP contribution is 2.28. The molecule has 3 aromatic carbocycles. The van der Waals surface area contributed by atoms with Crippen LogP contribution in [0, 0.1) is 18.7 Å². The van der Waals surface area contributed by atoms with Gasteiger partial charge in [0.1, 0.15) is 5.82 Å². The second-order valence-corrected chi connectivity index (χ2v) is 10.8. The monoisotopic (exact) mass is 530 g/mol. The molecule has 3 aromatic rings. The Morgan fingerprint density at radius 1 is 0.949 bits per heavy atom. The third kappa shape index (κ3) is 7.45. The Morgan fingerprint density at radius 2 is 1.59 bits per heavy atom. The number of carbonyl (C=O) groups excluding carboxylic acids is 2. The van der Waals surface area contributed by atoms with Gasteiger partial charge in [-0.15, -0.1) is 0 Å². The number of anilines is 1. The number of nitrogens with one attached hydrogen (secondary N) is 1. The number of amides is 2. The van der Waals surface area contributed by atoms with Crippen LogP contribution >= 0.6 is 0 Å². The lowest BCUT2D eigenvalue weighted by Crippen LogP contribution is -2.48. The minimum Gasteiger partial charge on any atom is -0.355 e. The second kappa shape index (κ2) is 12.9. The van der Waals surface area contributed by atoms with Crippen LogP contribution in [0.15, 0.2) is 66.7 Å². The number of hydrazine groups is 1. The summed E-state index contributed by atoms with van der Waals surface area (Å²) in [6.45, 7) is 8.44. The summed E-state index contributed by atoms with van der Waals surface area (Å²) in [6, 6.07) is 20.5. The van der Waals surface area contributed by atoms with Crippen LogP contribution in [0.3, 0.4) is 0 Å². The zero-order valence-electron chi connectivity index (χ0n) is 23.4. The molecule has 7 heteroatoms. The number of nitrogens with zero attached hydrogens (tertiary/aromatic N) is 3. The number of rotatable bonds is 11. The van der Waals surface area contributed by atoms with Gasteiger partial charge in [0.05, 0.1) is 13.1 Å². The zero-order valence-corrected chi connectivity index (χ0v) is 23.4. The number of fused-ring (bicyclic) bond motifs is 1. The molecule has 0 bridgehead atoms. The summed E-state index contributed by atoms with van der Waals surface area (Å²) >= 11 is 0. The Balaban J connectivity index is 1.50. The summed E-state index contributed by atoms with van der Waals surface area (Å²) in [5, 5.41) is 6.72. The number of likely N-dealkylation sites (N-methyl/N-ethyl adjacent to an activating group) is 1. The molecule has 4 rings (SSSR count). The SMILES string of the molecule is Cc1cc(-c2ccc(F)cc2)ccc1N(CC(=O)NCCCC(C)C)CC(=O)N(C)N1Cc2ccccc2C1. The molecular weight excluding hydrogens is 491 g/mol. The number of halogens is 1. The summed E-state index contributed by atoms with van der Waals surface area (Å²) < 4.78 is 13.4. The van der Waals surface area contributed by atoms with E-state index in [-0.39, 0.29) is 30.7 Å². The smallest absolute Gasteiger partial charge is 0.256 e. The van der Waals surface area contributed by atoms with Crippen molar-refractivity contribution in [3.63, 3.8) is 0 Å². The van der Waals surface area contributed by atoms with E-state index in [0.29, 0.717) is 25.6 Å². The Kier molecular flexibility index (Phi) is 9.36. The molecule has 1 aliphatic heterocycles. The van der Waals surface area contributed by atoms with Gasteiger partial charge in [-0.1, -0.05) is 56.3 Å². The molecule has 0 saturated carbocycles. The van der Waals surface area contributed by atoms with Crippen molar-refractivity contribution in [3.05, 3.63) is 89.2 Å². The topological polar surface area (TPSA) is 55.9 Å². The van der Waals surface area contributed by atoms with Crippen LogP contribution in [0.4, 0.5) is 10.1 Å². The fourth-order valence-electron chi connectivity index (χ4n) is 4.98. The Bertz CT molecular complexity index is 1270. The molecule has 206 valence electrons. The van der Waals surface area contributed by atoms with E-state index in [1.54, 1.807) is 24.2 Å². The number of benzene rings is 3. The molecule has 0 aromatic heterocycles. The van der Waals surface area contributed by atoms with Crippen LogP contribution in [-0.4, -0.2) is 48.5 Å². The predicted molar refractivity (Wildman–Crippen MR) is 154 cm³/mol. The van der Waals surface area contributed by atoms with E-state index in [1.165, 1.54) is 23.3 Å². The molecule has 0 saturated heterocycles. The summed E-state index contributed by atoms with van der Waals surface area (Å²) in [7, 11) is 1.79. The average Bonchev–Trinajstić information content (AvgIpc) is 3.35. The van der Waals surface area contributed by atoms with Gasteiger partial charge in [-0.3, -0.25) is 14.6 Å². The first-order chi connectivity index (χ1) is 18.7. The Labute approximate surface area is 231 Å². The van der Waals surface area contributed by atoms with E-state index in [1.807, 2.05) is 47.2 Å². The molecule has 2 amide bonds. The van der Waals surface area contributed by atoms with Crippen molar-refractivity contribution in [2.75, 3.05) is 31.6 Å². The molecule has 1 heterocycles. The number of carbonyl (C=O) groups is 2. The molecule has 0 spiro atoms. The number of hydrogen-bond donors (Lipinski definition) is 1. The van der Waals surface area contributed by atoms with Gasteiger partial charge in [-0.25, -0.2) is 9.40 Å². The quantitative estimate of drug-likeness (QED) is 0.331. The van der Waals surface area contributed by atoms with Crippen LogP contribution in [0.1, 0.15) is 43.4 Å². The standard InChI is InChI=1S/C32H39FN4O2/c1-23(2)8-7-17-34-31(38)21-36(22-32(39)35(4)37-19-27-9-5-6-10-28(27)20-37)30-16-13-26(18-24(30)3)25-11-14-29(33)15-12-25/h5-6,9-16,18,23H,7-8,17,19-22H2,1-4H3,(H,34,38). The first-order valence-corrected chi connectivity index (χ1v) is 13.7. The van der Waals surface area contributed by atoms with Gasteiger partial charge in [-0.05, 0) is 77.8 Å². The van der Waals surface area contributed by atoms with Gasteiger partial charge in [0.15, 0.2) is 0 Å². The third-order valence-corrected chi connectivity index (χ3v) is 7.27. The molecule has 0 unspecified atom stereocenters. The van der Waals surface area contributed by atoms with Crippen molar-refractivity contribution >= 4 is 17.5 Å². The van der Waals surface area contributed by atoms with E-state index in [2.05, 4.69) is 31.3 Å². The van der Waals surface area contributed by atoms with Gasteiger partial charge < -0.3 is 10.2 Å². The first-order valence-electron chi connectivity index (χ1n) is 13.7. The number of hydrogen-bond acceptors (Lipinski definition) is 4. The number of aryl methyl sites for hydroxylation is 1. The minimum atomic E-state index is -0.276. The van der Waals surface area contributed by atoms with Crippen molar-refractivity contribution in [1.29, 1.82) is 0 Å². The molecule has 6 nitrogen and oxygen atoms in total. The van der Waals surface area contributed by atoms with Crippen LogP contribution in [0.25, 0.3) is 11.1 Å². The second-order valence-electron chi connectivity index (χ2n) is 10.8. The Hall–Kier alpha value is -3.71. The molecule has 0 atom stereocenters. The minimum absolute atomic E-state index is 0.0689. The highest BCUT2D eigenvalue weighted by Gasteiger charge is 2.27. The predicted octanol–water partition coefficient (Wildman–Crippen LogP) is 5.55. The lowest BCUT2D eigenvalue weighted by Gasteiger charge is -2.32. The fourth-order valence-corrected chi connectivity index (χ4v) is 4.98. The maximum Gasteiger partial charge on any atom is 0.256 e. The molecular formula is C32H39FN4O2. The Morgan fingerprint density at radius 3 is 2.21 bits per heavy atom. The van der Waals surface area contributed by atoms with Crippen molar-refractivity contribution in [3.8, 4) is 11.1 Å². The van der Waals surface area contributed by atoms with Gasteiger partial charge in [0.2, 0.25) is 5.91 Å². The van der Waals surface area contributed by atoms with Crippen molar-refractivity contribution in [1.82, 2.24) is 15.3 Å². The van der Waals surface area contributed by atoms with Gasteiger partial charge >= 0.3 is 0 Å². The summed E-state index contributed by atoms with van der Waals surface area (Å²) in [5.74, 6) is 0.120. The molecule has 1 aliphatic rings. The van der Waals surface area contributed by atoms with E-state index >= 15 is 0 Å². The molecule has 0 aliphatic carbocycles. The van der Waals surface area contributed by atoms with E-state index in [0.717, 1.165) is 35.2 Å². The fraction of sp³-hybridized carbons (Fsp3) is 0.375. The molecule has 0 radical (unpaired) electrons. The van der Waals surface area contributed by atoms with Crippen LogP contribution in [-0.2, 0) is 22.7 Å². The van der Waals surface area contributed by atoms with Gasteiger partial charge in [0, 0.05) is 32.4 Å². The highest BCUT2D eigenvalue weighted by atomic mass is 19.1. The van der Waals surface area contributed by atoms with Crippen LogP contribution in [0.2, 0.25) is 0 Å². The third-order valence-electron chi connectivity index (χ3n) is 7.27. The van der Waals surface area contributed by atoms with Crippen LogP contribution in [0.5, 0.6) is 0 Å². The van der Waals surface area contributed by atoms with E-state index in [4.69, 9.17) is 0 Å². The first kappa shape index (κ1) is 28.3. The van der Waals surface area contributed by atoms with Gasteiger partial charge in [-0.2, -0.15) is 0 Å². The largest absolute Gasteiger partial charge is 0.355 e. The summed E-state index contributed by atoms with van der Waals surface area (Å²) in [4.78, 5) is 28.3. The lowest BCUT2D eigenvalue weighted by molar-refractivity contribution is -0.145. The lowest BCUT2D eigenvalue weighted by atomic mass is 10.0.